The van der Waals surface area contributed by atoms with E-state index in [1.54, 1.807) is 18.6 Å². The number of nitrogen functional groups attached to an aromatic ring is 1. The van der Waals surface area contributed by atoms with Crippen molar-refractivity contribution in [2.24, 2.45) is 0 Å². The van der Waals surface area contributed by atoms with Crippen LogP contribution >= 0.6 is 0 Å². The molecule has 16 heavy (non-hydrogen) atoms. The van der Waals surface area contributed by atoms with E-state index in [2.05, 4.69) is 20.1 Å². The molecule has 0 fully saturated rings. The average Bonchev–Trinajstić information content (AvgIpc) is 2.75. The van der Waals surface area contributed by atoms with Crippen LogP contribution < -0.4 is 5.73 Å². The second kappa shape index (κ2) is 3.27. The maximum atomic E-state index is 5.68. The molecule has 0 aliphatic heterocycles. The van der Waals surface area contributed by atoms with E-state index < -0.39 is 0 Å². The van der Waals surface area contributed by atoms with Crippen molar-refractivity contribution in [3.05, 3.63) is 37.1 Å². The lowest BCUT2D eigenvalue weighted by Gasteiger charge is -1.98. The molecule has 0 aliphatic carbocycles. The fourth-order valence-corrected chi connectivity index (χ4v) is 1.57. The van der Waals surface area contributed by atoms with Gasteiger partial charge in [0.25, 0.3) is 0 Å². The van der Waals surface area contributed by atoms with Crippen molar-refractivity contribution >= 4 is 11.6 Å². The van der Waals surface area contributed by atoms with Crippen molar-refractivity contribution in [3.8, 4) is 11.1 Å². The highest BCUT2D eigenvalue weighted by Crippen LogP contribution is 2.22. The topological polar surface area (TPSA) is 82.0 Å². The van der Waals surface area contributed by atoms with Crippen molar-refractivity contribution in [3.63, 3.8) is 0 Å². The number of pyridine rings is 1. The van der Waals surface area contributed by atoms with E-state index in [0.29, 0.717) is 11.6 Å². The van der Waals surface area contributed by atoms with Gasteiger partial charge in [-0.15, -0.1) is 0 Å². The summed E-state index contributed by atoms with van der Waals surface area (Å²) in [5.41, 5.74) is 8.29. The minimum absolute atomic E-state index is 0.324. The van der Waals surface area contributed by atoms with Crippen LogP contribution in [0.25, 0.3) is 16.8 Å². The van der Waals surface area contributed by atoms with E-state index in [0.717, 1.165) is 11.1 Å². The Kier molecular flexibility index (Phi) is 1.79. The monoisotopic (exact) mass is 212 g/mol. The summed E-state index contributed by atoms with van der Waals surface area (Å²) < 4.78 is 1.51. The fourth-order valence-electron chi connectivity index (χ4n) is 1.57. The molecule has 0 saturated carbocycles. The van der Waals surface area contributed by atoms with Gasteiger partial charge in [-0.25, -0.2) is 9.97 Å². The molecule has 6 heteroatoms. The Bertz CT molecular complexity index is 630. The van der Waals surface area contributed by atoms with Crippen molar-refractivity contribution in [1.82, 2.24) is 24.6 Å². The Balaban J connectivity index is 2.30. The van der Waals surface area contributed by atoms with E-state index >= 15 is 0 Å². The molecule has 3 rings (SSSR count). The van der Waals surface area contributed by atoms with Gasteiger partial charge in [0.1, 0.15) is 6.33 Å². The molecular formula is C10H8N6. The van der Waals surface area contributed by atoms with Gasteiger partial charge in [0.15, 0.2) is 5.65 Å². The van der Waals surface area contributed by atoms with Crippen molar-refractivity contribution in [2.45, 2.75) is 0 Å². The van der Waals surface area contributed by atoms with E-state index in [1.807, 2.05) is 12.1 Å². The van der Waals surface area contributed by atoms with Gasteiger partial charge in [0.2, 0.25) is 5.95 Å². The average molecular weight is 212 g/mol. The molecule has 0 amide bonds. The Morgan fingerprint density at radius 2 is 1.94 bits per heavy atom. The molecule has 2 N–H and O–H groups in total. The van der Waals surface area contributed by atoms with Crippen LogP contribution in [0.15, 0.2) is 37.1 Å². The first-order valence-corrected chi connectivity index (χ1v) is 4.71. The summed E-state index contributed by atoms with van der Waals surface area (Å²) >= 11 is 0. The van der Waals surface area contributed by atoms with Crippen molar-refractivity contribution in [2.75, 3.05) is 5.73 Å². The molecule has 3 heterocycles. The highest BCUT2D eigenvalue weighted by atomic mass is 15.3. The van der Waals surface area contributed by atoms with Gasteiger partial charge in [-0.05, 0) is 17.7 Å². The summed E-state index contributed by atoms with van der Waals surface area (Å²) in [6.07, 6.45) is 6.60. The lowest BCUT2D eigenvalue weighted by molar-refractivity contribution is 0.909. The van der Waals surface area contributed by atoms with Crippen LogP contribution in [0, 0.1) is 0 Å². The number of nitrogens with zero attached hydrogens (tertiary/aromatic N) is 5. The standard InChI is InChI=1S/C10H8N6/c11-10-14-6-13-9-8(5-15-16(9)10)7-1-3-12-4-2-7/h1-6H,(H2,11,13,14). The Hall–Kier alpha value is -2.50. The van der Waals surface area contributed by atoms with Crippen LogP contribution in [0.4, 0.5) is 5.95 Å². The normalized spacial score (nSPS) is 10.8. The quantitative estimate of drug-likeness (QED) is 0.644. The van der Waals surface area contributed by atoms with E-state index in [9.17, 15) is 0 Å². The van der Waals surface area contributed by atoms with Crippen LogP contribution in [0.2, 0.25) is 0 Å². The molecule has 0 radical (unpaired) electrons. The minimum atomic E-state index is 0.324. The summed E-state index contributed by atoms with van der Waals surface area (Å²) in [6, 6.07) is 3.80. The summed E-state index contributed by atoms with van der Waals surface area (Å²) in [4.78, 5) is 12.0. The van der Waals surface area contributed by atoms with Crippen LogP contribution in [0.3, 0.4) is 0 Å². The number of fused-ring (bicyclic) bond motifs is 1. The van der Waals surface area contributed by atoms with Crippen LogP contribution in [-0.4, -0.2) is 24.6 Å². The van der Waals surface area contributed by atoms with Crippen molar-refractivity contribution < 1.29 is 0 Å². The second-order valence-electron chi connectivity index (χ2n) is 3.26. The molecule has 3 aromatic heterocycles. The number of aromatic nitrogens is 5. The highest BCUT2D eigenvalue weighted by Gasteiger charge is 2.09. The molecule has 0 aliphatic rings. The molecule has 78 valence electrons. The zero-order valence-corrected chi connectivity index (χ0v) is 8.28. The number of nitrogens with two attached hydrogens (primary N) is 1. The van der Waals surface area contributed by atoms with Crippen LogP contribution in [-0.2, 0) is 0 Å². The third-order valence-corrected chi connectivity index (χ3v) is 2.32. The van der Waals surface area contributed by atoms with Gasteiger partial charge < -0.3 is 5.73 Å². The molecule has 0 aromatic carbocycles. The molecule has 0 saturated heterocycles. The number of hydrogen-bond acceptors (Lipinski definition) is 5. The third kappa shape index (κ3) is 1.20. The Morgan fingerprint density at radius 1 is 1.12 bits per heavy atom. The zero-order chi connectivity index (χ0) is 11.0. The highest BCUT2D eigenvalue weighted by molar-refractivity contribution is 5.76. The largest absolute Gasteiger partial charge is 0.368 e. The SMILES string of the molecule is Nc1ncnc2c(-c3ccncc3)cnn12. The first-order valence-electron chi connectivity index (χ1n) is 4.71. The Morgan fingerprint density at radius 3 is 2.75 bits per heavy atom. The second-order valence-corrected chi connectivity index (χ2v) is 3.26. The number of hydrogen-bond donors (Lipinski definition) is 1. The predicted molar refractivity (Wildman–Crippen MR) is 58.4 cm³/mol. The zero-order valence-electron chi connectivity index (χ0n) is 8.28. The smallest absolute Gasteiger partial charge is 0.224 e. The fraction of sp³-hybridized carbons (Fsp3) is 0. The molecule has 0 spiro atoms. The lowest BCUT2D eigenvalue weighted by Crippen LogP contribution is -2.02. The van der Waals surface area contributed by atoms with Crippen LogP contribution in [0.5, 0.6) is 0 Å². The third-order valence-electron chi connectivity index (χ3n) is 2.32. The van der Waals surface area contributed by atoms with Crippen molar-refractivity contribution in [1.29, 1.82) is 0 Å². The summed E-state index contributed by atoms with van der Waals surface area (Å²) in [6.45, 7) is 0. The molecule has 0 bridgehead atoms. The first kappa shape index (κ1) is 8.78. The maximum Gasteiger partial charge on any atom is 0.224 e. The molecule has 6 nitrogen and oxygen atoms in total. The predicted octanol–water partition coefficient (Wildman–Crippen LogP) is 0.768. The van der Waals surface area contributed by atoms with Gasteiger partial charge in [-0.3, -0.25) is 4.98 Å². The van der Waals surface area contributed by atoms with Gasteiger partial charge >= 0.3 is 0 Å². The van der Waals surface area contributed by atoms with Gasteiger partial charge in [-0.2, -0.15) is 9.61 Å². The summed E-state index contributed by atoms with van der Waals surface area (Å²) in [5.74, 6) is 0.324. The van der Waals surface area contributed by atoms with Crippen LogP contribution in [0.1, 0.15) is 0 Å². The van der Waals surface area contributed by atoms with E-state index in [-0.39, 0.29) is 0 Å². The minimum Gasteiger partial charge on any atom is -0.368 e. The van der Waals surface area contributed by atoms with Gasteiger partial charge in [0.05, 0.1) is 6.20 Å². The number of rotatable bonds is 1. The summed E-state index contributed by atoms with van der Waals surface area (Å²) in [5, 5.41) is 4.14. The molecule has 0 unspecified atom stereocenters. The van der Waals surface area contributed by atoms with Gasteiger partial charge in [-0.1, -0.05) is 0 Å². The van der Waals surface area contributed by atoms with E-state index in [4.69, 9.17) is 5.73 Å². The molecule has 3 aromatic rings. The van der Waals surface area contributed by atoms with Gasteiger partial charge in [0, 0.05) is 18.0 Å². The van der Waals surface area contributed by atoms with E-state index in [1.165, 1.54) is 10.8 Å². The Labute approximate surface area is 90.8 Å². The maximum absolute atomic E-state index is 5.68. The lowest BCUT2D eigenvalue weighted by atomic mass is 10.1. The molecular weight excluding hydrogens is 204 g/mol. The molecule has 0 atom stereocenters. The summed E-state index contributed by atoms with van der Waals surface area (Å²) in [7, 11) is 0. The first-order chi connectivity index (χ1) is 7.86. The number of anilines is 1.